The van der Waals surface area contributed by atoms with E-state index in [2.05, 4.69) is 55.3 Å². The molecular formula is C15H24N2O. The van der Waals surface area contributed by atoms with Crippen molar-refractivity contribution in [2.45, 2.75) is 26.8 Å². The maximum atomic E-state index is 5.71. The minimum absolute atomic E-state index is 0.557. The molecule has 0 aromatic heterocycles. The highest BCUT2D eigenvalue weighted by Gasteiger charge is 2.17. The number of hydrogen-bond donors (Lipinski definition) is 1. The molecule has 0 amide bonds. The molecule has 1 unspecified atom stereocenters. The predicted octanol–water partition coefficient (Wildman–Crippen LogP) is 2.52. The molecule has 1 atom stereocenters. The fourth-order valence-corrected chi connectivity index (χ4v) is 2.22. The van der Waals surface area contributed by atoms with Crippen molar-refractivity contribution < 1.29 is 4.74 Å². The number of anilines is 1. The molecule has 1 aromatic carbocycles. The van der Waals surface area contributed by atoms with Gasteiger partial charge in [0.05, 0.1) is 6.61 Å². The number of nitrogens with zero attached hydrogens (tertiary/aromatic N) is 1. The minimum atomic E-state index is 0.557. The third-order valence-corrected chi connectivity index (χ3v) is 3.25. The Balaban J connectivity index is 1.98. The molecule has 1 heterocycles. The lowest BCUT2D eigenvalue weighted by Gasteiger charge is -2.36. The molecule has 1 saturated heterocycles. The highest BCUT2D eigenvalue weighted by molar-refractivity contribution is 5.50. The maximum Gasteiger partial charge on any atom is 0.119 e. The molecule has 2 rings (SSSR count). The molecule has 0 spiro atoms. The van der Waals surface area contributed by atoms with Gasteiger partial charge in [-0.3, -0.25) is 0 Å². The number of rotatable bonds is 4. The van der Waals surface area contributed by atoms with Crippen molar-refractivity contribution in [2.75, 3.05) is 31.1 Å². The summed E-state index contributed by atoms with van der Waals surface area (Å²) in [5.74, 6) is 1.54. The van der Waals surface area contributed by atoms with Gasteiger partial charge in [0.15, 0.2) is 0 Å². The van der Waals surface area contributed by atoms with Gasteiger partial charge in [-0.25, -0.2) is 0 Å². The van der Waals surface area contributed by atoms with E-state index in [1.165, 1.54) is 5.69 Å². The van der Waals surface area contributed by atoms with Gasteiger partial charge in [0.1, 0.15) is 5.75 Å². The molecular weight excluding hydrogens is 224 g/mol. The normalized spacial score (nSPS) is 20.2. The van der Waals surface area contributed by atoms with E-state index >= 15 is 0 Å². The first-order valence-electron chi connectivity index (χ1n) is 6.87. The van der Waals surface area contributed by atoms with Crippen LogP contribution in [0.25, 0.3) is 0 Å². The van der Waals surface area contributed by atoms with Crippen molar-refractivity contribution >= 4 is 5.69 Å². The molecule has 18 heavy (non-hydrogen) atoms. The van der Waals surface area contributed by atoms with Crippen molar-refractivity contribution in [3.05, 3.63) is 24.3 Å². The van der Waals surface area contributed by atoms with Gasteiger partial charge in [-0.15, -0.1) is 0 Å². The summed E-state index contributed by atoms with van der Waals surface area (Å²) in [7, 11) is 0. The Morgan fingerprint density at radius 2 is 2.06 bits per heavy atom. The third-order valence-electron chi connectivity index (χ3n) is 3.25. The van der Waals surface area contributed by atoms with Gasteiger partial charge in [0.25, 0.3) is 0 Å². The Morgan fingerprint density at radius 3 is 2.67 bits per heavy atom. The van der Waals surface area contributed by atoms with Gasteiger partial charge in [-0.05, 0) is 37.1 Å². The summed E-state index contributed by atoms with van der Waals surface area (Å²) in [5, 5.41) is 3.41. The second-order valence-electron chi connectivity index (χ2n) is 5.45. The zero-order valence-corrected chi connectivity index (χ0v) is 11.6. The van der Waals surface area contributed by atoms with Gasteiger partial charge in [-0.1, -0.05) is 13.8 Å². The second kappa shape index (κ2) is 6.10. The van der Waals surface area contributed by atoms with E-state index < -0.39 is 0 Å². The molecule has 0 bridgehead atoms. The SMILES string of the molecule is CC(C)COc1ccc(N2CCNCC2C)cc1. The topological polar surface area (TPSA) is 24.5 Å². The summed E-state index contributed by atoms with van der Waals surface area (Å²) < 4.78 is 5.71. The Hall–Kier alpha value is -1.22. The number of piperazine rings is 1. The van der Waals surface area contributed by atoms with Crippen molar-refractivity contribution in [1.82, 2.24) is 5.32 Å². The smallest absolute Gasteiger partial charge is 0.119 e. The van der Waals surface area contributed by atoms with Crippen molar-refractivity contribution in [1.29, 1.82) is 0 Å². The predicted molar refractivity (Wildman–Crippen MR) is 76.5 cm³/mol. The van der Waals surface area contributed by atoms with Crippen LogP contribution in [0.5, 0.6) is 5.75 Å². The van der Waals surface area contributed by atoms with E-state index in [9.17, 15) is 0 Å². The Bertz CT molecular complexity index is 361. The van der Waals surface area contributed by atoms with E-state index in [0.717, 1.165) is 32.0 Å². The van der Waals surface area contributed by atoms with Crippen LogP contribution in [0.3, 0.4) is 0 Å². The van der Waals surface area contributed by atoms with Gasteiger partial charge >= 0.3 is 0 Å². The van der Waals surface area contributed by atoms with Crippen LogP contribution in [0.2, 0.25) is 0 Å². The van der Waals surface area contributed by atoms with Gasteiger partial charge in [0, 0.05) is 31.4 Å². The zero-order chi connectivity index (χ0) is 13.0. The molecule has 1 aromatic rings. The first-order valence-corrected chi connectivity index (χ1v) is 6.87. The van der Waals surface area contributed by atoms with Crippen LogP contribution in [-0.2, 0) is 0 Å². The van der Waals surface area contributed by atoms with E-state index in [4.69, 9.17) is 4.74 Å². The standard InChI is InChI=1S/C15H24N2O/c1-12(2)11-18-15-6-4-14(5-7-15)17-9-8-16-10-13(17)3/h4-7,12-13,16H,8-11H2,1-3H3. The lowest BCUT2D eigenvalue weighted by Crippen LogP contribution is -2.49. The molecule has 1 fully saturated rings. The van der Waals surface area contributed by atoms with Crippen LogP contribution in [0.15, 0.2) is 24.3 Å². The molecule has 3 nitrogen and oxygen atoms in total. The summed E-state index contributed by atoms with van der Waals surface area (Å²) in [6.07, 6.45) is 0. The van der Waals surface area contributed by atoms with Crippen molar-refractivity contribution in [2.24, 2.45) is 5.92 Å². The van der Waals surface area contributed by atoms with Gasteiger partial charge < -0.3 is 15.0 Å². The average Bonchev–Trinajstić information content (AvgIpc) is 2.38. The second-order valence-corrected chi connectivity index (χ2v) is 5.45. The molecule has 100 valence electrons. The van der Waals surface area contributed by atoms with Crippen LogP contribution >= 0.6 is 0 Å². The lowest BCUT2D eigenvalue weighted by molar-refractivity contribution is 0.271. The maximum absolute atomic E-state index is 5.71. The van der Waals surface area contributed by atoms with Crippen LogP contribution in [0.4, 0.5) is 5.69 Å². The average molecular weight is 248 g/mol. The largest absolute Gasteiger partial charge is 0.493 e. The highest BCUT2D eigenvalue weighted by Crippen LogP contribution is 2.22. The monoisotopic (exact) mass is 248 g/mol. The fourth-order valence-electron chi connectivity index (χ4n) is 2.22. The van der Waals surface area contributed by atoms with E-state index in [1.54, 1.807) is 0 Å². The Kier molecular flexibility index (Phi) is 4.48. The summed E-state index contributed by atoms with van der Waals surface area (Å²) in [6, 6.07) is 9.04. The Labute approximate surface area is 110 Å². The quantitative estimate of drug-likeness (QED) is 0.886. The zero-order valence-electron chi connectivity index (χ0n) is 11.6. The number of hydrogen-bond acceptors (Lipinski definition) is 3. The van der Waals surface area contributed by atoms with Crippen LogP contribution in [0, 0.1) is 5.92 Å². The number of ether oxygens (including phenoxy) is 1. The summed E-state index contributed by atoms with van der Waals surface area (Å²) in [4.78, 5) is 2.45. The molecule has 0 radical (unpaired) electrons. The summed E-state index contributed by atoms with van der Waals surface area (Å²) >= 11 is 0. The summed E-state index contributed by atoms with van der Waals surface area (Å²) in [6.45, 7) is 10.6. The van der Waals surface area contributed by atoms with Gasteiger partial charge in [0.2, 0.25) is 0 Å². The molecule has 1 aliphatic heterocycles. The lowest BCUT2D eigenvalue weighted by atomic mass is 10.2. The number of nitrogens with one attached hydrogen (secondary N) is 1. The van der Waals surface area contributed by atoms with Crippen molar-refractivity contribution in [3.63, 3.8) is 0 Å². The molecule has 1 N–H and O–H groups in total. The van der Waals surface area contributed by atoms with E-state index in [0.29, 0.717) is 12.0 Å². The third kappa shape index (κ3) is 3.39. The first-order chi connectivity index (χ1) is 8.66. The molecule has 0 aliphatic carbocycles. The van der Waals surface area contributed by atoms with Crippen LogP contribution < -0.4 is 15.0 Å². The number of benzene rings is 1. The first kappa shape index (κ1) is 13.2. The summed E-state index contributed by atoms with van der Waals surface area (Å²) in [5.41, 5.74) is 1.29. The minimum Gasteiger partial charge on any atom is -0.493 e. The Morgan fingerprint density at radius 1 is 1.33 bits per heavy atom. The van der Waals surface area contributed by atoms with Crippen LogP contribution in [-0.4, -0.2) is 32.3 Å². The molecule has 3 heteroatoms. The van der Waals surface area contributed by atoms with Crippen LogP contribution in [0.1, 0.15) is 20.8 Å². The molecule has 0 saturated carbocycles. The fraction of sp³-hybridized carbons (Fsp3) is 0.600. The van der Waals surface area contributed by atoms with E-state index in [-0.39, 0.29) is 0 Å². The van der Waals surface area contributed by atoms with Crippen molar-refractivity contribution in [3.8, 4) is 5.75 Å². The van der Waals surface area contributed by atoms with Gasteiger partial charge in [-0.2, -0.15) is 0 Å². The van der Waals surface area contributed by atoms with E-state index in [1.807, 2.05) is 0 Å². The molecule has 1 aliphatic rings. The highest BCUT2D eigenvalue weighted by atomic mass is 16.5.